The molecule has 0 aliphatic heterocycles. The first-order valence-corrected chi connectivity index (χ1v) is 11.9. The molecular formula is C26H48O4. The second-order valence-corrected chi connectivity index (χ2v) is 8.19. The molecule has 0 aliphatic rings. The first-order chi connectivity index (χ1) is 14.3. The fourth-order valence-corrected chi connectivity index (χ4v) is 2.74. The fourth-order valence-electron chi connectivity index (χ4n) is 2.74. The molecule has 0 saturated heterocycles. The van der Waals surface area contributed by atoms with Crippen LogP contribution in [0.1, 0.15) is 112 Å². The van der Waals surface area contributed by atoms with E-state index in [-0.39, 0.29) is 11.9 Å². The Kier molecular flexibility index (Phi) is 22.6. The van der Waals surface area contributed by atoms with E-state index in [9.17, 15) is 9.59 Å². The summed E-state index contributed by atoms with van der Waals surface area (Å²) in [5, 5.41) is 0. The minimum atomic E-state index is -0.264. The summed E-state index contributed by atoms with van der Waals surface area (Å²) in [6.45, 7) is 18.1. The maximum Gasteiger partial charge on any atom is 0.333 e. The van der Waals surface area contributed by atoms with E-state index in [4.69, 9.17) is 9.47 Å². The van der Waals surface area contributed by atoms with Crippen LogP contribution in [-0.2, 0) is 19.1 Å². The molecule has 0 aromatic carbocycles. The van der Waals surface area contributed by atoms with E-state index < -0.39 is 0 Å². The van der Waals surface area contributed by atoms with Crippen molar-refractivity contribution in [2.45, 2.75) is 112 Å². The van der Waals surface area contributed by atoms with Crippen LogP contribution in [0.15, 0.2) is 24.3 Å². The van der Waals surface area contributed by atoms with Gasteiger partial charge in [0.05, 0.1) is 13.2 Å². The fraction of sp³-hybridized carbons (Fsp3) is 0.769. The van der Waals surface area contributed by atoms with Crippen molar-refractivity contribution in [2.24, 2.45) is 5.92 Å². The second kappa shape index (κ2) is 22.1. The lowest BCUT2D eigenvalue weighted by molar-refractivity contribution is -0.140. The van der Waals surface area contributed by atoms with Crippen molar-refractivity contribution in [1.82, 2.24) is 0 Å². The van der Waals surface area contributed by atoms with Crippen LogP contribution in [0.3, 0.4) is 0 Å². The topological polar surface area (TPSA) is 52.6 Å². The van der Waals surface area contributed by atoms with Crippen LogP contribution < -0.4 is 0 Å². The number of esters is 2. The molecule has 0 spiro atoms. The normalized spacial score (nSPS) is 11.1. The molecule has 0 fully saturated rings. The molecule has 30 heavy (non-hydrogen) atoms. The highest BCUT2D eigenvalue weighted by Crippen LogP contribution is 2.13. The van der Waals surface area contributed by atoms with E-state index in [0.29, 0.717) is 30.3 Å². The molecule has 4 heteroatoms. The van der Waals surface area contributed by atoms with E-state index in [1.54, 1.807) is 13.8 Å². The number of carbonyl (C=O) groups is 2. The largest absolute Gasteiger partial charge is 0.462 e. The average Bonchev–Trinajstić information content (AvgIpc) is 2.72. The third kappa shape index (κ3) is 21.1. The molecule has 0 bridgehead atoms. The minimum absolute atomic E-state index is 0.261. The van der Waals surface area contributed by atoms with Gasteiger partial charge in [-0.3, -0.25) is 0 Å². The summed E-state index contributed by atoms with van der Waals surface area (Å²) in [5.41, 5.74) is 0.968. The predicted molar refractivity (Wildman–Crippen MR) is 127 cm³/mol. The van der Waals surface area contributed by atoms with Gasteiger partial charge in [-0.25, -0.2) is 9.59 Å². The van der Waals surface area contributed by atoms with Crippen LogP contribution in [0.25, 0.3) is 0 Å². The summed E-state index contributed by atoms with van der Waals surface area (Å²) >= 11 is 0. The van der Waals surface area contributed by atoms with E-state index in [0.717, 1.165) is 25.7 Å². The summed E-state index contributed by atoms with van der Waals surface area (Å²) in [6.07, 6.45) is 14.7. The van der Waals surface area contributed by atoms with Gasteiger partial charge in [-0.05, 0) is 32.6 Å². The Morgan fingerprint density at radius 3 is 1.63 bits per heavy atom. The van der Waals surface area contributed by atoms with Crippen LogP contribution in [0.4, 0.5) is 0 Å². The third-order valence-electron chi connectivity index (χ3n) is 4.92. The number of hydrogen-bond donors (Lipinski definition) is 0. The highest BCUT2D eigenvalue weighted by atomic mass is 16.5. The van der Waals surface area contributed by atoms with Gasteiger partial charge >= 0.3 is 11.9 Å². The first-order valence-electron chi connectivity index (χ1n) is 11.9. The van der Waals surface area contributed by atoms with Crippen molar-refractivity contribution in [3.63, 3.8) is 0 Å². The van der Waals surface area contributed by atoms with Crippen molar-refractivity contribution < 1.29 is 19.1 Å². The van der Waals surface area contributed by atoms with Crippen molar-refractivity contribution in [3.05, 3.63) is 24.3 Å². The second-order valence-electron chi connectivity index (χ2n) is 8.19. The molecule has 0 aliphatic carbocycles. The lowest BCUT2D eigenvalue weighted by atomic mass is 10.0. The molecule has 1 unspecified atom stereocenters. The Morgan fingerprint density at radius 1 is 0.700 bits per heavy atom. The van der Waals surface area contributed by atoms with Crippen LogP contribution in [0.5, 0.6) is 0 Å². The van der Waals surface area contributed by atoms with Crippen LogP contribution in [0.2, 0.25) is 0 Å². The van der Waals surface area contributed by atoms with E-state index >= 15 is 0 Å². The van der Waals surface area contributed by atoms with Gasteiger partial charge in [-0.2, -0.15) is 0 Å². The molecule has 1 atom stereocenters. The predicted octanol–water partition coefficient (Wildman–Crippen LogP) is 7.57. The van der Waals surface area contributed by atoms with Crippen molar-refractivity contribution in [1.29, 1.82) is 0 Å². The zero-order valence-electron chi connectivity index (χ0n) is 20.5. The van der Waals surface area contributed by atoms with Crippen LogP contribution in [0, 0.1) is 5.92 Å². The van der Waals surface area contributed by atoms with E-state index in [1.165, 1.54) is 51.4 Å². The maximum absolute atomic E-state index is 11.1. The Labute approximate surface area is 186 Å². The van der Waals surface area contributed by atoms with Crippen LogP contribution >= 0.6 is 0 Å². The molecule has 0 aromatic heterocycles. The molecule has 0 saturated carbocycles. The first kappa shape index (κ1) is 30.6. The smallest absolute Gasteiger partial charge is 0.333 e. The lowest BCUT2D eigenvalue weighted by Crippen LogP contribution is -2.14. The zero-order chi connectivity index (χ0) is 23.2. The van der Waals surface area contributed by atoms with Crippen molar-refractivity contribution in [3.8, 4) is 0 Å². The third-order valence-corrected chi connectivity index (χ3v) is 4.92. The van der Waals surface area contributed by atoms with Crippen molar-refractivity contribution in [2.75, 3.05) is 13.2 Å². The lowest BCUT2D eigenvalue weighted by Gasteiger charge is -2.14. The molecule has 0 amide bonds. The monoisotopic (exact) mass is 424 g/mol. The molecule has 0 rings (SSSR count). The summed E-state index contributed by atoms with van der Waals surface area (Å²) in [5.74, 6) is -0.0128. The number of ether oxygens (including phenoxy) is 2. The standard InChI is InChI=1S/C14H26O2.C12H22O2/c1-4-5-6-7-8-9-10-11-12-16-14(15)13(2)3;1-5-7-8-11(6-2)9-14-12(13)10(3)4/h2,4-12H2,1,3H3;11H,3,5-9H2,1-2,4H3. The number of rotatable bonds is 17. The number of unbranched alkanes of at least 4 members (excludes halogenated alkanes) is 8. The molecule has 176 valence electrons. The Balaban J connectivity index is 0. The van der Waals surface area contributed by atoms with Crippen molar-refractivity contribution >= 4 is 11.9 Å². The summed E-state index contributed by atoms with van der Waals surface area (Å²) in [4.78, 5) is 22.1. The quantitative estimate of drug-likeness (QED) is 0.137. The summed E-state index contributed by atoms with van der Waals surface area (Å²) in [7, 11) is 0. The molecule has 0 aromatic rings. The van der Waals surface area contributed by atoms with Gasteiger partial charge in [0.1, 0.15) is 0 Å². The Morgan fingerprint density at radius 2 is 1.17 bits per heavy atom. The van der Waals surface area contributed by atoms with Gasteiger partial charge in [-0.15, -0.1) is 0 Å². The zero-order valence-corrected chi connectivity index (χ0v) is 20.5. The van der Waals surface area contributed by atoms with E-state index in [1.807, 2.05) is 0 Å². The Hall–Kier alpha value is -1.58. The Bertz CT molecular complexity index is 468. The van der Waals surface area contributed by atoms with Gasteiger partial charge in [0.25, 0.3) is 0 Å². The summed E-state index contributed by atoms with van der Waals surface area (Å²) in [6, 6.07) is 0. The van der Waals surface area contributed by atoms with Gasteiger partial charge in [0.2, 0.25) is 0 Å². The molecular weight excluding hydrogens is 376 g/mol. The molecule has 0 heterocycles. The SMILES string of the molecule is C=C(C)C(=O)OCC(CC)CCCC.C=C(C)C(=O)OCCCCCCCCCC. The molecule has 0 radical (unpaired) electrons. The average molecular weight is 425 g/mol. The molecule has 4 nitrogen and oxygen atoms in total. The molecule has 0 N–H and O–H groups in total. The minimum Gasteiger partial charge on any atom is -0.462 e. The highest BCUT2D eigenvalue weighted by molar-refractivity contribution is 5.87. The highest BCUT2D eigenvalue weighted by Gasteiger charge is 2.09. The number of hydrogen-bond acceptors (Lipinski definition) is 4. The van der Waals surface area contributed by atoms with Gasteiger partial charge in [0, 0.05) is 11.1 Å². The van der Waals surface area contributed by atoms with Gasteiger partial charge < -0.3 is 9.47 Å². The van der Waals surface area contributed by atoms with Crippen LogP contribution in [-0.4, -0.2) is 25.2 Å². The van der Waals surface area contributed by atoms with Gasteiger partial charge in [-0.1, -0.05) is 98.1 Å². The maximum atomic E-state index is 11.1. The summed E-state index contributed by atoms with van der Waals surface area (Å²) < 4.78 is 10.1. The van der Waals surface area contributed by atoms with Gasteiger partial charge in [0.15, 0.2) is 0 Å². The number of carbonyl (C=O) groups excluding carboxylic acids is 2. The van der Waals surface area contributed by atoms with E-state index in [2.05, 4.69) is 33.9 Å².